The van der Waals surface area contributed by atoms with Crippen molar-refractivity contribution in [2.45, 2.75) is 13.5 Å². The van der Waals surface area contributed by atoms with E-state index >= 15 is 0 Å². The molecular formula is C26H23N5O. The number of carbonyl (C=O) groups excluding carboxylic acids is 1. The molecule has 0 saturated heterocycles. The highest BCUT2D eigenvalue weighted by Crippen LogP contribution is 2.27. The van der Waals surface area contributed by atoms with Gasteiger partial charge in [0.2, 0.25) is 0 Å². The SMILES string of the molecule is Cc1cccc2[nH]c(-c3cccc(-c4cccc(C(=O)NCc5nccn5C)c4)c3)nc12. The van der Waals surface area contributed by atoms with Crippen molar-refractivity contribution >= 4 is 16.9 Å². The average Bonchev–Trinajstić information content (AvgIpc) is 3.44. The molecule has 0 radical (unpaired) electrons. The smallest absolute Gasteiger partial charge is 0.251 e. The molecule has 5 rings (SSSR count). The summed E-state index contributed by atoms with van der Waals surface area (Å²) in [6.07, 6.45) is 3.58. The Hall–Kier alpha value is -4.19. The maximum Gasteiger partial charge on any atom is 0.251 e. The summed E-state index contributed by atoms with van der Waals surface area (Å²) in [4.78, 5) is 25.1. The highest BCUT2D eigenvalue weighted by atomic mass is 16.1. The lowest BCUT2D eigenvalue weighted by Gasteiger charge is -2.08. The van der Waals surface area contributed by atoms with Gasteiger partial charge in [-0.3, -0.25) is 4.79 Å². The highest BCUT2D eigenvalue weighted by molar-refractivity contribution is 5.95. The minimum Gasteiger partial charge on any atom is -0.345 e. The Morgan fingerprint density at radius 2 is 1.75 bits per heavy atom. The van der Waals surface area contributed by atoms with Crippen molar-refractivity contribution in [2.75, 3.05) is 0 Å². The second kappa shape index (κ2) is 8.15. The van der Waals surface area contributed by atoms with E-state index in [-0.39, 0.29) is 5.91 Å². The van der Waals surface area contributed by atoms with Gasteiger partial charge in [0.25, 0.3) is 5.91 Å². The summed E-state index contributed by atoms with van der Waals surface area (Å²) in [5, 5.41) is 2.94. The molecular weight excluding hydrogens is 398 g/mol. The van der Waals surface area contributed by atoms with Crippen molar-refractivity contribution in [3.05, 3.63) is 96.1 Å². The number of hydrogen-bond acceptors (Lipinski definition) is 3. The van der Waals surface area contributed by atoms with Crippen LogP contribution in [0.1, 0.15) is 21.7 Å². The minimum absolute atomic E-state index is 0.126. The summed E-state index contributed by atoms with van der Waals surface area (Å²) in [5.74, 6) is 1.52. The molecule has 0 fully saturated rings. The molecule has 6 nitrogen and oxygen atoms in total. The van der Waals surface area contributed by atoms with Crippen LogP contribution in [0.2, 0.25) is 0 Å². The number of imidazole rings is 2. The van der Waals surface area contributed by atoms with Gasteiger partial charge < -0.3 is 14.9 Å². The Morgan fingerprint density at radius 1 is 1.00 bits per heavy atom. The normalized spacial score (nSPS) is 11.1. The number of nitrogens with zero attached hydrogens (tertiary/aromatic N) is 3. The van der Waals surface area contributed by atoms with Gasteiger partial charge in [-0.05, 0) is 47.9 Å². The number of carbonyl (C=O) groups is 1. The zero-order valence-corrected chi connectivity index (χ0v) is 18.0. The number of hydrogen-bond donors (Lipinski definition) is 2. The molecule has 2 heterocycles. The molecule has 2 aromatic heterocycles. The van der Waals surface area contributed by atoms with Gasteiger partial charge in [-0.25, -0.2) is 9.97 Å². The van der Waals surface area contributed by atoms with Gasteiger partial charge in [0.05, 0.1) is 17.6 Å². The molecule has 158 valence electrons. The maximum atomic E-state index is 12.7. The molecule has 0 bridgehead atoms. The van der Waals surface area contributed by atoms with E-state index in [1.165, 1.54) is 0 Å². The van der Waals surface area contributed by atoms with Gasteiger partial charge in [-0.2, -0.15) is 0 Å². The summed E-state index contributed by atoms with van der Waals surface area (Å²) >= 11 is 0. The molecule has 5 aromatic rings. The van der Waals surface area contributed by atoms with E-state index in [1.807, 2.05) is 72.4 Å². The van der Waals surface area contributed by atoms with Crippen LogP contribution in [0.5, 0.6) is 0 Å². The van der Waals surface area contributed by atoms with Gasteiger partial charge in [0, 0.05) is 30.6 Å². The van der Waals surface area contributed by atoms with Gasteiger partial charge in [-0.15, -0.1) is 0 Å². The molecule has 0 unspecified atom stereocenters. The molecule has 0 spiro atoms. The Bertz CT molecular complexity index is 1430. The number of nitrogens with one attached hydrogen (secondary N) is 2. The zero-order chi connectivity index (χ0) is 22.1. The maximum absolute atomic E-state index is 12.7. The number of H-pyrrole nitrogens is 1. The van der Waals surface area contributed by atoms with E-state index in [2.05, 4.69) is 34.3 Å². The fourth-order valence-corrected chi connectivity index (χ4v) is 3.83. The van der Waals surface area contributed by atoms with Crippen molar-refractivity contribution in [1.82, 2.24) is 24.8 Å². The Kier molecular flexibility index (Phi) is 5.03. The van der Waals surface area contributed by atoms with Crippen LogP contribution in [-0.2, 0) is 13.6 Å². The predicted molar refractivity (Wildman–Crippen MR) is 126 cm³/mol. The van der Waals surface area contributed by atoms with E-state index in [0.717, 1.165) is 44.9 Å². The molecule has 2 N–H and O–H groups in total. The zero-order valence-electron chi connectivity index (χ0n) is 18.0. The van der Waals surface area contributed by atoms with Crippen LogP contribution in [0.15, 0.2) is 79.1 Å². The summed E-state index contributed by atoms with van der Waals surface area (Å²) in [7, 11) is 1.91. The molecule has 32 heavy (non-hydrogen) atoms. The van der Waals surface area contributed by atoms with E-state index in [4.69, 9.17) is 4.98 Å². The number of aryl methyl sites for hydroxylation is 2. The van der Waals surface area contributed by atoms with Crippen LogP contribution >= 0.6 is 0 Å². The number of amides is 1. The lowest BCUT2D eigenvalue weighted by atomic mass is 10.0. The first kappa shape index (κ1) is 19.8. The second-order valence-electron chi connectivity index (χ2n) is 7.86. The third kappa shape index (κ3) is 3.78. The molecule has 1 amide bonds. The Morgan fingerprint density at radius 3 is 2.53 bits per heavy atom. The van der Waals surface area contributed by atoms with E-state index in [9.17, 15) is 4.79 Å². The quantitative estimate of drug-likeness (QED) is 0.425. The summed E-state index contributed by atoms with van der Waals surface area (Å²) < 4.78 is 1.89. The molecule has 0 saturated carbocycles. The van der Waals surface area contributed by atoms with Gasteiger partial charge in [-0.1, -0.05) is 42.5 Å². The Labute approximate surface area is 186 Å². The first-order valence-electron chi connectivity index (χ1n) is 10.5. The molecule has 0 aliphatic heterocycles. The van der Waals surface area contributed by atoms with Crippen molar-refractivity contribution in [3.63, 3.8) is 0 Å². The molecule has 0 aliphatic carbocycles. The number of aromatic nitrogens is 4. The lowest BCUT2D eigenvalue weighted by molar-refractivity contribution is 0.0949. The summed E-state index contributed by atoms with van der Waals surface area (Å²) in [6, 6.07) is 22.0. The third-order valence-electron chi connectivity index (χ3n) is 5.64. The fraction of sp³-hybridized carbons (Fsp3) is 0.115. The third-order valence-corrected chi connectivity index (χ3v) is 5.64. The lowest BCUT2D eigenvalue weighted by Crippen LogP contribution is -2.24. The number of fused-ring (bicyclic) bond motifs is 1. The fourth-order valence-electron chi connectivity index (χ4n) is 3.83. The van der Waals surface area contributed by atoms with Crippen LogP contribution < -0.4 is 5.32 Å². The average molecular weight is 422 g/mol. The number of rotatable bonds is 5. The van der Waals surface area contributed by atoms with E-state index in [0.29, 0.717) is 12.1 Å². The monoisotopic (exact) mass is 421 g/mol. The van der Waals surface area contributed by atoms with Gasteiger partial charge in [0.15, 0.2) is 0 Å². The van der Waals surface area contributed by atoms with Crippen molar-refractivity contribution in [2.24, 2.45) is 7.05 Å². The first-order chi connectivity index (χ1) is 15.6. The number of benzene rings is 3. The van der Waals surface area contributed by atoms with E-state index in [1.54, 1.807) is 6.20 Å². The van der Waals surface area contributed by atoms with Crippen LogP contribution in [0.4, 0.5) is 0 Å². The summed E-state index contributed by atoms with van der Waals surface area (Å²) in [6.45, 7) is 2.45. The van der Waals surface area contributed by atoms with Crippen LogP contribution in [0, 0.1) is 6.92 Å². The number of para-hydroxylation sites is 1. The molecule has 6 heteroatoms. The highest BCUT2D eigenvalue weighted by Gasteiger charge is 2.11. The largest absolute Gasteiger partial charge is 0.345 e. The first-order valence-corrected chi connectivity index (χ1v) is 10.5. The predicted octanol–water partition coefficient (Wildman–Crippen LogP) is 4.87. The van der Waals surface area contributed by atoms with Gasteiger partial charge >= 0.3 is 0 Å². The van der Waals surface area contributed by atoms with Crippen molar-refractivity contribution in [1.29, 1.82) is 0 Å². The molecule has 3 aromatic carbocycles. The molecule has 0 atom stereocenters. The standard InChI is InChI=1S/C26H23N5O/c1-17-6-3-11-22-24(17)30-25(29-22)20-9-4-7-18(14-20)19-8-5-10-21(15-19)26(32)28-16-23-27-12-13-31(23)2/h3-15H,16H2,1-2H3,(H,28,32)(H,29,30). The van der Waals surface area contributed by atoms with E-state index < -0.39 is 0 Å². The van der Waals surface area contributed by atoms with Crippen LogP contribution in [0.25, 0.3) is 33.5 Å². The summed E-state index contributed by atoms with van der Waals surface area (Å²) in [5.41, 5.74) is 6.77. The van der Waals surface area contributed by atoms with Gasteiger partial charge in [0.1, 0.15) is 11.6 Å². The Balaban J connectivity index is 1.41. The van der Waals surface area contributed by atoms with Crippen LogP contribution in [0.3, 0.4) is 0 Å². The minimum atomic E-state index is -0.126. The van der Waals surface area contributed by atoms with Crippen molar-refractivity contribution < 1.29 is 4.79 Å². The molecule has 0 aliphatic rings. The van der Waals surface area contributed by atoms with Crippen molar-refractivity contribution in [3.8, 4) is 22.5 Å². The topological polar surface area (TPSA) is 75.6 Å². The second-order valence-corrected chi connectivity index (χ2v) is 7.86. The van der Waals surface area contributed by atoms with Crippen LogP contribution in [-0.4, -0.2) is 25.4 Å². The number of aromatic amines is 1.